The topological polar surface area (TPSA) is 83.1 Å². The molecule has 1 fully saturated rings. The van der Waals surface area contributed by atoms with Gasteiger partial charge in [-0.2, -0.15) is 0 Å². The van der Waals surface area contributed by atoms with E-state index in [4.69, 9.17) is 4.98 Å². The highest BCUT2D eigenvalue weighted by Crippen LogP contribution is 2.40. The fraction of sp³-hybridized carbons (Fsp3) is 0.345. The molecule has 2 aromatic carbocycles. The number of amides is 3. The van der Waals surface area contributed by atoms with Crippen molar-refractivity contribution < 1.29 is 9.59 Å². The fourth-order valence-corrected chi connectivity index (χ4v) is 6.14. The lowest BCUT2D eigenvalue weighted by molar-refractivity contribution is 0.0951. The molecule has 1 aromatic heterocycles. The average molecular weight is 501 g/mol. The molecule has 3 N–H and O–H groups in total. The van der Waals surface area contributed by atoms with Crippen molar-refractivity contribution in [1.29, 1.82) is 0 Å². The third-order valence-corrected chi connectivity index (χ3v) is 7.95. The summed E-state index contributed by atoms with van der Waals surface area (Å²) < 4.78 is 0. The van der Waals surface area contributed by atoms with E-state index in [2.05, 4.69) is 21.3 Å². The van der Waals surface area contributed by atoms with Gasteiger partial charge in [-0.05, 0) is 42.5 Å². The standard InChI is InChI=1S/C29H32N4O2S/c1-2-23-25(28-31-24(18-36-28)20-12-7-4-8-13-20)26(33-29(35)32-23)21-14-9-15-22(16-21)27(34)30-17-19-10-5-3-6-11-19/h3,5-6,9-11,14-16,18,20,26H,2,4,7-8,12-13,17H2,1H3,(H,30,34)(H2,32,33,35). The third-order valence-electron chi connectivity index (χ3n) is 7.06. The first kappa shape index (κ1) is 24.3. The Morgan fingerprint density at radius 3 is 2.67 bits per heavy atom. The van der Waals surface area contributed by atoms with E-state index >= 15 is 0 Å². The molecule has 3 aromatic rings. The minimum absolute atomic E-state index is 0.143. The summed E-state index contributed by atoms with van der Waals surface area (Å²) in [4.78, 5) is 30.6. The summed E-state index contributed by atoms with van der Waals surface area (Å²) in [5.41, 5.74) is 5.52. The maximum absolute atomic E-state index is 12.9. The summed E-state index contributed by atoms with van der Waals surface area (Å²) in [5.74, 6) is 0.381. The quantitative estimate of drug-likeness (QED) is 0.356. The first-order valence-electron chi connectivity index (χ1n) is 12.8. The molecular formula is C29H32N4O2S. The minimum Gasteiger partial charge on any atom is -0.348 e. The van der Waals surface area contributed by atoms with Crippen LogP contribution in [0.25, 0.3) is 5.57 Å². The fourth-order valence-electron chi connectivity index (χ4n) is 5.13. The van der Waals surface area contributed by atoms with Crippen LogP contribution < -0.4 is 16.0 Å². The Labute approximate surface area is 216 Å². The number of nitrogens with one attached hydrogen (secondary N) is 3. The van der Waals surface area contributed by atoms with Crippen molar-refractivity contribution in [1.82, 2.24) is 20.9 Å². The number of benzene rings is 2. The van der Waals surface area contributed by atoms with Gasteiger partial charge in [0.2, 0.25) is 0 Å². The lowest BCUT2D eigenvalue weighted by atomic mass is 9.87. The predicted molar refractivity (Wildman–Crippen MR) is 144 cm³/mol. The van der Waals surface area contributed by atoms with Crippen LogP contribution in [0.1, 0.15) is 89.6 Å². The molecule has 3 amide bonds. The molecule has 1 atom stereocenters. The van der Waals surface area contributed by atoms with Crippen LogP contribution >= 0.6 is 11.3 Å². The normalized spacial score (nSPS) is 18.5. The molecule has 186 valence electrons. The zero-order valence-corrected chi connectivity index (χ0v) is 21.4. The number of rotatable bonds is 7. The monoisotopic (exact) mass is 500 g/mol. The van der Waals surface area contributed by atoms with Gasteiger partial charge >= 0.3 is 6.03 Å². The molecule has 1 unspecified atom stereocenters. The number of nitrogens with zero attached hydrogens (tertiary/aromatic N) is 1. The van der Waals surface area contributed by atoms with Crippen molar-refractivity contribution in [3.8, 4) is 0 Å². The van der Waals surface area contributed by atoms with Crippen LogP contribution in [0, 0.1) is 0 Å². The Kier molecular flexibility index (Phi) is 7.47. The lowest BCUT2D eigenvalue weighted by Crippen LogP contribution is -2.43. The van der Waals surface area contributed by atoms with Gasteiger partial charge < -0.3 is 16.0 Å². The van der Waals surface area contributed by atoms with Crippen LogP contribution in [0.15, 0.2) is 65.7 Å². The summed E-state index contributed by atoms with van der Waals surface area (Å²) in [6, 6.07) is 16.8. The van der Waals surface area contributed by atoms with Gasteiger partial charge in [0.1, 0.15) is 5.01 Å². The molecule has 1 aliphatic carbocycles. The third kappa shape index (κ3) is 5.36. The van der Waals surface area contributed by atoms with Crippen LogP contribution in [-0.4, -0.2) is 16.9 Å². The molecule has 0 spiro atoms. The number of allylic oxidation sites excluding steroid dienone is 1. The average Bonchev–Trinajstić information content (AvgIpc) is 3.42. The van der Waals surface area contributed by atoms with Gasteiger partial charge in [0.05, 0.1) is 11.7 Å². The van der Waals surface area contributed by atoms with Crippen LogP contribution in [0.5, 0.6) is 0 Å². The Bertz CT molecular complexity index is 1260. The van der Waals surface area contributed by atoms with Crippen LogP contribution in [0.2, 0.25) is 0 Å². The first-order valence-corrected chi connectivity index (χ1v) is 13.7. The van der Waals surface area contributed by atoms with E-state index in [1.165, 1.54) is 37.8 Å². The van der Waals surface area contributed by atoms with Gasteiger partial charge in [-0.3, -0.25) is 4.79 Å². The first-order chi connectivity index (χ1) is 17.6. The van der Waals surface area contributed by atoms with E-state index in [1.54, 1.807) is 17.4 Å². The maximum atomic E-state index is 12.9. The molecule has 0 bridgehead atoms. The number of thiazole rings is 1. The van der Waals surface area contributed by atoms with Crippen molar-refractivity contribution in [2.24, 2.45) is 0 Å². The molecule has 36 heavy (non-hydrogen) atoms. The molecule has 5 rings (SSSR count). The largest absolute Gasteiger partial charge is 0.348 e. The zero-order chi connectivity index (χ0) is 24.9. The Balaban J connectivity index is 1.42. The van der Waals surface area contributed by atoms with Crippen molar-refractivity contribution in [3.63, 3.8) is 0 Å². The number of aromatic nitrogens is 1. The van der Waals surface area contributed by atoms with E-state index in [0.29, 0.717) is 24.4 Å². The SMILES string of the molecule is CCC1=C(c2nc(C3CCCCC3)cs2)C(c2cccc(C(=O)NCc3ccccc3)c2)NC(=O)N1. The van der Waals surface area contributed by atoms with Gasteiger partial charge in [0.25, 0.3) is 5.91 Å². The van der Waals surface area contributed by atoms with Crippen molar-refractivity contribution in [3.05, 3.63) is 93.1 Å². The number of carbonyl (C=O) groups is 2. The van der Waals surface area contributed by atoms with Gasteiger partial charge in [-0.1, -0.05) is 68.7 Å². The second-order valence-corrected chi connectivity index (χ2v) is 10.3. The molecule has 1 aliphatic heterocycles. The molecule has 7 heteroatoms. The molecule has 2 heterocycles. The Morgan fingerprint density at radius 1 is 1.08 bits per heavy atom. The highest BCUT2D eigenvalue weighted by molar-refractivity contribution is 7.10. The second-order valence-electron chi connectivity index (χ2n) is 9.48. The second kappa shape index (κ2) is 11.1. The molecule has 0 radical (unpaired) electrons. The summed E-state index contributed by atoms with van der Waals surface area (Å²) in [5, 5.41) is 12.2. The van der Waals surface area contributed by atoms with Crippen molar-refractivity contribution in [2.75, 3.05) is 0 Å². The minimum atomic E-state index is -0.374. The lowest BCUT2D eigenvalue weighted by Gasteiger charge is -2.29. The molecule has 2 aliphatic rings. The highest BCUT2D eigenvalue weighted by atomic mass is 32.1. The molecular weight excluding hydrogens is 468 g/mol. The van der Waals surface area contributed by atoms with Gasteiger partial charge in [0.15, 0.2) is 0 Å². The van der Waals surface area contributed by atoms with Crippen LogP contribution in [0.3, 0.4) is 0 Å². The summed E-state index contributed by atoms with van der Waals surface area (Å²) in [6.07, 6.45) is 6.92. The van der Waals surface area contributed by atoms with Crippen molar-refractivity contribution in [2.45, 2.75) is 64.0 Å². The van der Waals surface area contributed by atoms with E-state index in [9.17, 15) is 9.59 Å². The van der Waals surface area contributed by atoms with Gasteiger partial charge in [-0.15, -0.1) is 11.3 Å². The number of hydrogen-bond acceptors (Lipinski definition) is 4. The van der Waals surface area contributed by atoms with Crippen LogP contribution in [-0.2, 0) is 6.54 Å². The molecule has 6 nitrogen and oxygen atoms in total. The van der Waals surface area contributed by atoms with Gasteiger partial charge in [0, 0.05) is 34.7 Å². The highest BCUT2D eigenvalue weighted by Gasteiger charge is 2.31. The Hall–Kier alpha value is -3.45. The molecule has 0 saturated heterocycles. The summed E-state index contributed by atoms with van der Waals surface area (Å²) in [7, 11) is 0. The maximum Gasteiger partial charge on any atom is 0.319 e. The summed E-state index contributed by atoms with van der Waals surface area (Å²) in [6.45, 7) is 2.50. The van der Waals surface area contributed by atoms with E-state index in [-0.39, 0.29) is 18.0 Å². The van der Waals surface area contributed by atoms with Crippen LogP contribution in [0.4, 0.5) is 4.79 Å². The molecule has 1 saturated carbocycles. The number of carbonyl (C=O) groups excluding carboxylic acids is 2. The van der Waals surface area contributed by atoms with E-state index in [0.717, 1.165) is 27.4 Å². The summed E-state index contributed by atoms with van der Waals surface area (Å²) >= 11 is 1.65. The smallest absolute Gasteiger partial charge is 0.319 e. The zero-order valence-electron chi connectivity index (χ0n) is 20.5. The van der Waals surface area contributed by atoms with E-state index < -0.39 is 0 Å². The predicted octanol–water partition coefficient (Wildman–Crippen LogP) is 6.30. The number of urea groups is 1. The van der Waals surface area contributed by atoms with E-state index in [1.807, 2.05) is 55.5 Å². The Morgan fingerprint density at radius 2 is 1.89 bits per heavy atom. The van der Waals surface area contributed by atoms with Gasteiger partial charge in [-0.25, -0.2) is 9.78 Å². The van der Waals surface area contributed by atoms with Crippen molar-refractivity contribution >= 4 is 28.8 Å². The number of hydrogen-bond donors (Lipinski definition) is 3.